The number of nitrogens with two attached hydrogens (primary N) is 1. The van der Waals surface area contributed by atoms with Gasteiger partial charge >= 0.3 is 0 Å². The molecule has 0 saturated carbocycles. The van der Waals surface area contributed by atoms with Gasteiger partial charge in [-0.25, -0.2) is 0 Å². The monoisotopic (exact) mass is 309 g/mol. The van der Waals surface area contributed by atoms with Crippen molar-refractivity contribution in [1.29, 1.82) is 5.26 Å². The molecule has 118 valence electrons. The predicted molar refractivity (Wildman–Crippen MR) is 88.2 cm³/mol. The molecular weight excluding hydrogens is 290 g/mol. The molecule has 3 N–H and O–H groups in total. The summed E-state index contributed by atoms with van der Waals surface area (Å²) in [5, 5.41) is 13.5. The van der Waals surface area contributed by atoms with Crippen LogP contribution in [0.1, 0.15) is 18.9 Å². The SMILES string of the molecule is C[C@@H](CC#N)[C@@H](NC(=O)Cc1ccc2ccccc2c1)C(N)=O. The number of primary amides is 1. The highest BCUT2D eigenvalue weighted by Crippen LogP contribution is 2.16. The number of rotatable bonds is 6. The summed E-state index contributed by atoms with van der Waals surface area (Å²) in [5.41, 5.74) is 6.18. The second-order valence-corrected chi connectivity index (χ2v) is 5.65. The minimum Gasteiger partial charge on any atom is -0.368 e. The zero-order chi connectivity index (χ0) is 16.8. The zero-order valence-corrected chi connectivity index (χ0v) is 13.0. The van der Waals surface area contributed by atoms with Crippen LogP contribution in [0.2, 0.25) is 0 Å². The molecule has 5 nitrogen and oxygen atoms in total. The fraction of sp³-hybridized carbons (Fsp3) is 0.278. The topological polar surface area (TPSA) is 96.0 Å². The van der Waals surface area contributed by atoms with Crippen LogP contribution in [0.4, 0.5) is 0 Å². The second kappa shape index (κ2) is 7.41. The largest absolute Gasteiger partial charge is 0.368 e. The minimum atomic E-state index is -0.831. The van der Waals surface area contributed by atoms with E-state index in [-0.39, 0.29) is 24.7 Å². The molecule has 2 amide bonds. The first kappa shape index (κ1) is 16.5. The van der Waals surface area contributed by atoms with Gasteiger partial charge in [-0.15, -0.1) is 0 Å². The first-order valence-corrected chi connectivity index (χ1v) is 7.44. The van der Waals surface area contributed by atoms with E-state index in [1.165, 1.54) is 0 Å². The highest BCUT2D eigenvalue weighted by molar-refractivity contribution is 5.89. The minimum absolute atomic E-state index is 0.157. The van der Waals surface area contributed by atoms with Gasteiger partial charge in [-0.1, -0.05) is 49.4 Å². The van der Waals surface area contributed by atoms with Gasteiger partial charge in [-0.3, -0.25) is 9.59 Å². The number of nitrogens with one attached hydrogen (secondary N) is 1. The van der Waals surface area contributed by atoms with Crippen molar-refractivity contribution in [2.75, 3.05) is 0 Å². The van der Waals surface area contributed by atoms with Gasteiger partial charge in [0.05, 0.1) is 12.5 Å². The number of benzene rings is 2. The first-order chi connectivity index (χ1) is 11.0. The second-order valence-electron chi connectivity index (χ2n) is 5.65. The van der Waals surface area contributed by atoms with Gasteiger partial charge < -0.3 is 11.1 Å². The normalized spacial score (nSPS) is 13.0. The lowest BCUT2D eigenvalue weighted by Gasteiger charge is -2.20. The standard InChI is InChI=1S/C18H19N3O2/c1-12(8-9-19)17(18(20)23)21-16(22)11-13-6-7-14-4-2-3-5-15(14)10-13/h2-7,10,12,17H,8,11H2,1H3,(H2,20,23)(H,21,22)/t12-,17+/m0/s1. The van der Waals surface area contributed by atoms with Gasteiger partial charge in [0.15, 0.2) is 0 Å². The Bertz CT molecular complexity index is 764. The Kier molecular flexibility index (Phi) is 5.32. The molecule has 0 aliphatic rings. The number of nitrogens with zero attached hydrogens (tertiary/aromatic N) is 1. The molecule has 0 spiro atoms. The van der Waals surface area contributed by atoms with Crippen molar-refractivity contribution in [2.24, 2.45) is 11.7 Å². The molecule has 0 fully saturated rings. The number of carbonyl (C=O) groups excluding carboxylic acids is 2. The third-order valence-electron chi connectivity index (χ3n) is 3.78. The van der Waals surface area contributed by atoms with Crippen molar-refractivity contribution in [3.05, 3.63) is 48.0 Å². The molecule has 0 aliphatic carbocycles. The molecule has 5 heteroatoms. The first-order valence-electron chi connectivity index (χ1n) is 7.44. The number of nitriles is 1. The molecule has 2 aromatic carbocycles. The van der Waals surface area contributed by atoms with E-state index in [2.05, 4.69) is 5.32 Å². The Morgan fingerprint density at radius 3 is 2.57 bits per heavy atom. The number of hydrogen-bond donors (Lipinski definition) is 2. The summed E-state index contributed by atoms with van der Waals surface area (Å²) < 4.78 is 0. The third-order valence-corrected chi connectivity index (χ3v) is 3.78. The van der Waals surface area contributed by atoms with E-state index in [1.807, 2.05) is 48.5 Å². The molecule has 2 atom stereocenters. The fourth-order valence-corrected chi connectivity index (χ4v) is 2.51. The Labute approximate surface area is 135 Å². The highest BCUT2D eigenvalue weighted by Gasteiger charge is 2.24. The quantitative estimate of drug-likeness (QED) is 0.853. The molecule has 0 unspecified atom stereocenters. The highest BCUT2D eigenvalue weighted by atomic mass is 16.2. The molecule has 0 bridgehead atoms. The third kappa shape index (κ3) is 4.30. The van der Waals surface area contributed by atoms with Crippen LogP contribution < -0.4 is 11.1 Å². The lowest BCUT2D eigenvalue weighted by molar-refractivity contribution is -0.128. The van der Waals surface area contributed by atoms with Crippen LogP contribution in [0.25, 0.3) is 10.8 Å². The lowest BCUT2D eigenvalue weighted by Crippen LogP contribution is -2.48. The van der Waals surface area contributed by atoms with Gasteiger partial charge in [0, 0.05) is 6.42 Å². The molecule has 0 radical (unpaired) electrons. The average molecular weight is 309 g/mol. The summed E-state index contributed by atoms with van der Waals surface area (Å²) in [6, 6.07) is 14.9. The lowest BCUT2D eigenvalue weighted by atomic mass is 9.98. The zero-order valence-electron chi connectivity index (χ0n) is 13.0. The number of fused-ring (bicyclic) bond motifs is 1. The van der Waals surface area contributed by atoms with Gasteiger partial charge in [0.1, 0.15) is 6.04 Å². The van der Waals surface area contributed by atoms with Crippen molar-refractivity contribution in [3.8, 4) is 6.07 Å². The molecule has 23 heavy (non-hydrogen) atoms. The van der Waals surface area contributed by atoms with Crippen LogP contribution in [0.15, 0.2) is 42.5 Å². The maximum atomic E-state index is 12.2. The number of hydrogen-bond acceptors (Lipinski definition) is 3. The maximum absolute atomic E-state index is 12.2. The van der Waals surface area contributed by atoms with Crippen molar-refractivity contribution in [3.63, 3.8) is 0 Å². The molecule has 0 heterocycles. The molecule has 0 saturated heterocycles. The Hall–Kier alpha value is -2.87. The number of carbonyl (C=O) groups is 2. The smallest absolute Gasteiger partial charge is 0.240 e. The van der Waals surface area contributed by atoms with E-state index >= 15 is 0 Å². The van der Waals surface area contributed by atoms with E-state index in [1.54, 1.807) is 6.92 Å². The van der Waals surface area contributed by atoms with Crippen LogP contribution in [0.3, 0.4) is 0 Å². The Balaban J connectivity index is 2.07. The summed E-state index contributed by atoms with van der Waals surface area (Å²) >= 11 is 0. The van der Waals surface area contributed by atoms with Crippen molar-refractivity contribution in [2.45, 2.75) is 25.8 Å². The van der Waals surface area contributed by atoms with Crippen LogP contribution in [-0.4, -0.2) is 17.9 Å². The van der Waals surface area contributed by atoms with Gasteiger partial charge in [-0.05, 0) is 22.3 Å². The van der Waals surface area contributed by atoms with E-state index in [4.69, 9.17) is 11.0 Å². The van der Waals surface area contributed by atoms with Crippen molar-refractivity contribution >= 4 is 22.6 Å². The Morgan fingerprint density at radius 1 is 1.22 bits per heavy atom. The van der Waals surface area contributed by atoms with Gasteiger partial charge in [-0.2, -0.15) is 5.26 Å². The van der Waals surface area contributed by atoms with Crippen LogP contribution in [0.5, 0.6) is 0 Å². The van der Waals surface area contributed by atoms with Crippen molar-refractivity contribution < 1.29 is 9.59 Å². The average Bonchev–Trinajstić information content (AvgIpc) is 2.52. The Morgan fingerprint density at radius 2 is 1.91 bits per heavy atom. The van der Waals surface area contributed by atoms with E-state index in [0.717, 1.165) is 16.3 Å². The van der Waals surface area contributed by atoms with E-state index in [9.17, 15) is 9.59 Å². The summed E-state index contributed by atoms with van der Waals surface area (Å²) in [6.45, 7) is 1.72. The fourth-order valence-electron chi connectivity index (χ4n) is 2.51. The molecule has 0 aliphatic heterocycles. The molecular formula is C18H19N3O2. The maximum Gasteiger partial charge on any atom is 0.240 e. The van der Waals surface area contributed by atoms with Crippen LogP contribution >= 0.6 is 0 Å². The summed E-state index contributed by atoms with van der Waals surface area (Å²) in [5.74, 6) is -1.23. The predicted octanol–water partition coefficient (Wildman–Crippen LogP) is 1.90. The van der Waals surface area contributed by atoms with Crippen LogP contribution in [-0.2, 0) is 16.0 Å². The van der Waals surface area contributed by atoms with Gasteiger partial charge in [0.25, 0.3) is 0 Å². The van der Waals surface area contributed by atoms with E-state index < -0.39 is 11.9 Å². The number of amides is 2. The van der Waals surface area contributed by atoms with Crippen LogP contribution in [0, 0.1) is 17.2 Å². The molecule has 0 aromatic heterocycles. The van der Waals surface area contributed by atoms with E-state index in [0.29, 0.717) is 0 Å². The summed E-state index contributed by atoms with van der Waals surface area (Å²) in [4.78, 5) is 23.6. The van der Waals surface area contributed by atoms with Crippen molar-refractivity contribution in [1.82, 2.24) is 5.32 Å². The summed E-state index contributed by atoms with van der Waals surface area (Å²) in [6.07, 6.45) is 0.317. The molecule has 2 rings (SSSR count). The summed E-state index contributed by atoms with van der Waals surface area (Å²) in [7, 11) is 0. The molecule has 2 aromatic rings. The van der Waals surface area contributed by atoms with Gasteiger partial charge in [0.2, 0.25) is 11.8 Å².